The third kappa shape index (κ3) is 4.17. The predicted molar refractivity (Wildman–Crippen MR) is 99.6 cm³/mol. The summed E-state index contributed by atoms with van der Waals surface area (Å²) in [6, 6.07) is 15.1. The van der Waals surface area contributed by atoms with E-state index in [1.807, 2.05) is 17.5 Å². The van der Waals surface area contributed by atoms with E-state index in [0.29, 0.717) is 0 Å². The molecule has 0 aliphatic heterocycles. The molecule has 2 aromatic carbocycles. The zero-order chi connectivity index (χ0) is 18.7. The molecule has 3 rings (SSSR count). The van der Waals surface area contributed by atoms with Gasteiger partial charge in [-0.2, -0.15) is 0 Å². The topological polar surface area (TPSA) is 63.2 Å². The Labute approximate surface area is 155 Å². The Hall–Kier alpha value is -2.51. The van der Waals surface area contributed by atoms with Gasteiger partial charge in [-0.15, -0.1) is 11.3 Å². The number of carbonyl (C=O) groups excluding carboxylic acids is 1. The van der Waals surface area contributed by atoms with E-state index < -0.39 is 21.8 Å². The fourth-order valence-corrected chi connectivity index (χ4v) is 3.98. The van der Waals surface area contributed by atoms with Crippen molar-refractivity contribution in [1.82, 2.24) is 5.32 Å². The Kier molecular flexibility index (Phi) is 5.20. The summed E-state index contributed by atoms with van der Waals surface area (Å²) < 4.78 is 36.6. The van der Waals surface area contributed by atoms with E-state index >= 15 is 0 Å². The quantitative estimate of drug-likeness (QED) is 0.722. The summed E-state index contributed by atoms with van der Waals surface area (Å²) >= 11 is 1.47. The summed E-state index contributed by atoms with van der Waals surface area (Å²) in [5, 5.41) is 4.80. The molecule has 134 valence electrons. The molecule has 1 aromatic heterocycles. The minimum absolute atomic E-state index is 0.0830. The lowest BCUT2D eigenvalue weighted by Crippen LogP contribution is -2.29. The molecule has 0 aliphatic rings. The number of amides is 1. The zero-order valence-electron chi connectivity index (χ0n) is 13.8. The van der Waals surface area contributed by atoms with E-state index in [1.54, 1.807) is 18.2 Å². The average molecular weight is 389 g/mol. The number of halogens is 1. The summed E-state index contributed by atoms with van der Waals surface area (Å²) in [4.78, 5) is 13.7. The Morgan fingerprint density at radius 2 is 1.81 bits per heavy atom. The minimum Gasteiger partial charge on any atom is -0.340 e. The average Bonchev–Trinajstić information content (AvgIpc) is 3.14. The van der Waals surface area contributed by atoms with E-state index in [1.165, 1.54) is 41.7 Å². The van der Waals surface area contributed by atoms with Gasteiger partial charge < -0.3 is 5.32 Å². The van der Waals surface area contributed by atoms with Gasteiger partial charge >= 0.3 is 0 Å². The van der Waals surface area contributed by atoms with Gasteiger partial charge in [0, 0.05) is 16.7 Å². The Morgan fingerprint density at radius 3 is 2.42 bits per heavy atom. The van der Waals surface area contributed by atoms with Gasteiger partial charge in [-0.1, -0.05) is 24.3 Å². The van der Waals surface area contributed by atoms with E-state index in [0.717, 1.165) is 16.7 Å². The molecule has 0 radical (unpaired) electrons. The molecule has 0 aliphatic carbocycles. The number of benzene rings is 2. The van der Waals surface area contributed by atoms with Gasteiger partial charge in [-0.25, -0.2) is 12.8 Å². The Morgan fingerprint density at radius 1 is 1.08 bits per heavy atom. The molecule has 0 saturated heterocycles. The summed E-state index contributed by atoms with van der Waals surface area (Å²) in [6.07, 6.45) is 1.09. The van der Waals surface area contributed by atoms with Crippen LogP contribution in [-0.4, -0.2) is 20.6 Å². The fraction of sp³-hybridized carbons (Fsp3) is 0.105. The van der Waals surface area contributed by atoms with Crippen LogP contribution >= 0.6 is 11.3 Å². The van der Waals surface area contributed by atoms with Crippen LogP contribution in [0.3, 0.4) is 0 Å². The molecule has 7 heteroatoms. The molecule has 0 fully saturated rings. The van der Waals surface area contributed by atoms with Gasteiger partial charge in [0.2, 0.25) is 0 Å². The molecule has 4 nitrogen and oxygen atoms in total. The van der Waals surface area contributed by atoms with Gasteiger partial charge in [0.05, 0.1) is 10.9 Å². The highest BCUT2D eigenvalue weighted by atomic mass is 32.2. The molecule has 3 aromatic rings. The van der Waals surface area contributed by atoms with E-state index in [2.05, 4.69) is 5.32 Å². The Balaban J connectivity index is 1.92. The van der Waals surface area contributed by atoms with Crippen molar-refractivity contribution in [2.75, 3.05) is 6.26 Å². The van der Waals surface area contributed by atoms with Gasteiger partial charge in [-0.05, 0) is 47.3 Å². The largest absolute Gasteiger partial charge is 0.340 e. The van der Waals surface area contributed by atoms with Crippen LogP contribution in [-0.2, 0) is 9.84 Å². The van der Waals surface area contributed by atoms with Crippen molar-refractivity contribution in [3.05, 3.63) is 87.9 Å². The van der Waals surface area contributed by atoms with E-state index in [4.69, 9.17) is 0 Å². The first kappa shape index (κ1) is 18.3. The van der Waals surface area contributed by atoms with E-state index in [-0.39, 0.29) is 16.3 Å². The lowest BCUT2D eigenvalue weighted by atomic mass is 10.0. The lowest BCUT2D eigenvalue weighted by molar-refractivity contribution is 0.0943. The van der Waals surface area contributed by atoms with Crippen molar-refractivity contribution in [2.24, 2.45) is 0 Å². The van der Waals surface area contributed by atoms with Crippen molar-refractivity contribution < 1.29 is 17.6 Å². The smallest absolute Gasteiger partial charge is 0.252 e. The number of carbonyl (C=O) groups is 1. The molecular weight excluding hydrogens is 373 g/mol. The summed E-state index contributed by atoms with van der Waals surface area (Å²) in [5.41, 5.74) is 0.984. The molecule has 0 saturated carbocycles. The number of nitrogens with one attached hydrogen (secondary N) is 1. The molecule has 1 atom stereocenters. The first-order valence-electron chi connectivity index (χ1n) is 7.74. The standard InChI is InChI=1S/C19H16FNO3S2/c1-26(23,24)16-5-2-4-14(12-16)19(22)21-18(17-6-3-11-25-17)13-7-9-15(20)10-8-13/h2-12,18H,1H3,(H,21,22)/t18-/m0/s1. The zero-order valence-corrected chi connectivity index (χ0v) is 15.5. The highest BCUT2D eigenvalue weighted by Crippen LogP contribution is 2.27. The second-order valence-corrected chi connectivity index (χ2v) is 8.77. The minimum atomic E-state index is -3.41. The first-order chi connectivity index (χ1) is 12.3. The van der Waals surface area contributed by atoms with Gasteiger partial charge in [0.15, 0.2) is 9.84 Å². The molecule has 0 bridgehead atoms. The molecule has 0 unspecified atom stereocenters. The molecule has 0 spiro atoms. The normalized spacial score (nSPS) is 12.5. The van der Waals surface area contributed by atoms with Crippen LogP contribution in [0.2, 0.25) is 0 Å². The summed E-state index contributed by atoms with van der Waals surface area (Å²) in [7, 11) is -3.41. The van der Waals surface area contributed by atoms with Gasteiger partial charge in [0.25, 0.3) is 5.91 Å². The summed E-state index contributed by atoms with van der Waals surface area (Å²) in [5.74, 6) is -0.760. The van der Waals surface area contributed by atoms with Gasteiger partial charge in [-0.3, -0.25) is 4.79 Å². The van der Waals surface area contributed by atoms with Crippen molar-refractivity contribution >= 4 is 27.1 Å². The molecular formula is C19H16FNO3S2. The second-order valence-electron chi connectivity index (χ2n) is 5.77. The summed E-state index contributed by atoms with van der Waals surface area (Å²) in [6.45, 7) is 0. The maximum Gasteiger partial charge on any atom is 0.252 e. The number of hydrogen-bond donors (Lipinski definition) is 1. The predicted octanol–water partition coefficient (Wildman–Crippen LogP) is 3.81. The molecule has 1 N–H and O–H groups in total. The van der Waals surface area contributed by atoms with Crippen molar-refractivity contribution in [3.8, 4) is 0 Å². The molecule has 1 heterocycles. The van der Waals surface area contributed by atoms with Crippen LogP contribution in [0.1, 0.15) is 26.8 Å². The number of sulfone groups is 1. The highest BCUT2D eigenvalue weighted by Gasteiger charge is 2.20. The van der Waals surface area contributed by atoms with Crippen LogP contribution in [0.25, 0.3) is 0 Å². The maximum absolute atomic E-state index is 13.2. The number of thiophene rings is 1. The lowest BCUT2D eigenvalue weighted by Gasteiger charge is -2.18. The van der Waals surface area contributed by atoms with Crippen LogP contribution < -0.4 is 5.32 Å². The highest BCUT2D eigenvalue weighted by molar-refractivity contribution is 7.90. The van der Waals surface area contributed by atoms with Crippen molar-refractivity contribution in [1.29, 1.82) is 0 Å². The van der Waals surface area contributed by atoms with Crippen LogP contribution in [0, 0.1) is 5.82 Å². The third-order valence-electron chi connectivity index (χ3n) is 3.83. The second kappa shape index (κ2) is 7.39. The Bertz CT molecular complexity index is 1010. The van der Waals surface area contributed by atoms with E-state index in [9.17, 15) is 17.6 Å². The maximum atomic E-state index is 13.2. The van der Waals surface area contributed by atoms with Crippen LogP contribution in [0.5, 0.6) is 0 Å². The van der Waals surface area contributed by atoms with Crippen molar-refractivity contribution in [3.63, 3.8) is 0 Å². The van der Waals surface area contributed by atoms with Crippen LogP contribution in [0.15, 0.2) is 70.9 Å². The molecule has 26 heavy (non-hydrogen) atoms. The SMILES string of the molecule is CS(=O)(=O)c1cccc(C(=O)N[C@@H](c2ccc(F)cc2)c2cccs2)c1. The first-order valence-corrected chi connectivity index (χ1v) is 10.5. The van der Waals surface area contributed by atoms with Crippen LogP contribution in [0.4, 0.5) is 4.39 Å². The fourth-order valence-electron chi connectivity index (χ4n) is 2.51. The monoisotopic (exact) mass is 389 g/mol. The number of rotatable bonds is 5. The third-order valence-corrected chi connectivity index (χ3v) is 5.88. The van der Waals surface area contributed by atoms with Crippen molar-refractivity contribution in [2.45, 2.75) is 10.9 Å². The number of hydrogen-bond acceptors (Lipinski definition) is 4. The van der Waals surface area contributed by atoms with Gasteiger partial charge in [0.1, 0.15) is 5.82 Å². The molecule has 1 amide bonds.